The van der Waals surface area contributed by atoms with E-state index < -0.39 is 0 Å². The Balaban J connectivity index is 1.50. The van der Waals surface area contributed by atoms with E-state index in [1.165, 1.54) is 6.42 Å². The molecule has 3 aromatic rings. The Morgan fingerprint density at radius 1 is 1.14 bits per heavy atom. The summed E-state index contributed by atoms with van der Waals surface area (Å²) in [6.07, 6.45) is 9.71. The Morgan fingerprint density at radius 3 is 2.89 bits per heavy atom. The van der Waals surface area contributed by atoms with Crippen molar-refractivity contribution in [2.24, 2.45) is 0 Å². The fourth-order valence-corrected chi connectivity index (χ4v) is 3.82. The Bertz CT molecular complexity index is 868. The molecule has 4 rings (SSSR count). The maximum absolute atomic E-state index is 6.17. The third kappa shape index (κ3) is 4.17. The zero-order valence-corrected chi connectivity index (χ0v) is 16.2. The number of rotatable bonds is 8. The maximum atomic E-state index is 6.17. The highest BCUT2D eigenvalue weighted by molar-refractivity contribution is 5.46. The van der Waals surface area contributed by atoms with Gasteiger partial charge in [-0.1, -0.05) is 18.2 Å². The van der Waals surface area contributed by atoms with E-state index in [2.05, 4.69) is 33.1 Å². The second-order valence-corrected chi connectivity index (χ2v) is 6.98. The van der Waals surface area contributed by atoms with Gasteiger partial charge in [0, 0.05) is 30.7 Å². The third-order valence-corrected chi connectivity index (χ3v) is 5.20. The quantitative estimate of drug-likeness (QED) is 0.598. The number of methoxy groups -OCH3 is 1. The normalized spacial score (nSPS) is 17.0. The molecule has 3 heterocycles. The Labute approximate surface area is 165 Å². The summed E-state index contributed by atoms with van der Waals surface area (Å²) in [5, 5.41) is 0. The minimum Gasteiger partial charge on any atom is -0.493 e. The lowest BCUT2D eigenvalue weighted by atomic mass is 10.1. The molecule has 1 aromatic carbocycles. The van der Waals surface area contributed by atoms with Crippen LogP contribution in [0.5, 0.6) is 11.5 Å². The van der Waals surface area contributed by atoms with Crippen LogP contribution in [0, 0.1) is 0 Å². The van der Waals surface area contributed by atoms with Gasteiger partial charge in [-0.2, -0.15) is 0 Å². The number of imidazole rings is 1. The van der Waals surface area contributed by atoms with E-state index in [9.17, 15) is 0 Å². The molecule has 0 spiro atoms. The molecule has 0 unspecified atom stereocenters. The Morgan fingerprint density at radius 2 is 2.11 bits per heavy atom. The minimum atomic E-state index is 0.353. The molecular formula is C22H26N4O2. The van der Waals surface area contributed by atoms with Crippen LogP contribution in [0.25, 0.3) is 0 Å². The molecular weight excluding hydrogens is 352 g/mol. The van der Waals surface area contributed by atoms with Gasteiger partial charge in [-0.05, 0) is 37.6 Å². The first-order chi connectivity index (χ1) is 13.8. The van der Waals surface area contributed by atoms with Gasteiger partial charge in [-0.3, -0.25) is 9.88 Å². The Kier molecular flexibility index (Phi) is 5.87. The highest BCUT2D eigenvalue weighted by Gasteiger charge is 2.28. The number of para-hydroxylation sites is 1. The highest BCUT2D eigenvalue weighted by Crippen LogP contribution is 2.36. The summed E-state index contributed by atoms with van der Waals surface area (Å²) in [6.45, 7) is 3.19. The first-order valence-electron chi connectivity index (χ1n) is 9.74. The SMILES string of the molecule is COc1cccc(CN2CCC[C@@H]2c2ccccn2)c1OCCn1ccnc1. The van der Waals surface area contributed by atoms with Crippen molar-refractivity contribution in [1.29, 1.82) is 0 Å². The van der Waals surface area contributed by atoms with Crippen molar-refractivity contribution in [2.75, 3.05) is 20.3 Å². The van der Waals surface area contributed by atoms with Crippen molar-refractivity contribution in [3.63, 3.8) is 0 Å². The number of benzene rings is 1. The Hall–Kier alpha value is -2.86. The average molecular weight is 378 g/mol. The van der Waals surface area contributed by atoms with Gasteiger partial charge in [-0.25, -0.2) is 4.98 Å². The summed E-state index contributed by atoms with van der Waals surface area (Å²) in [7, 11) is 1.69. The number of hydrogen-bond donors (Lipinski definition) is 0. The molecule has 1 saturated heterocycles. The summed E-state index contributed by atoms with van der Waals surface area (Å²) in [5.74, 6) is 1.61. The van der Waals surface area contributed by atoms with Gasteiger partial charge in [-0.15, -0.1) is 0 Å². The van der Waals surface area contributed by atoms with Crippen LogP contribution in [0.1, 0.15) is 30.1 Å². The zero-order chi connectivity index (χ0) is 19.2. The predicted molar refractivity (Wildman–Crippen MR) is 107 cm³/mol. The van der Waals surface area contributed by atoms with E-state index in [4.69, 9.17) is 9.47 Å². The van der Waals surface area contributed by atoms with Crippen molar-refractivity contribution in [3.05, 3.63) is 72.6 Å². The van der Waals surface area contributed by atoms with Gasteiger partial charge in [0.2, 0.25) is 0 Å². The molecule has 146 valence electrons. The highest BCUT2D eigenvalue weighted by atomic mass is 16.5. The monoisotopic (exact) mass is 378 g/mol. The predicted octanol–water partition coefficient (Wildman–Crippen LogP) is 3.70. The van der Waals surface area contributed by atoms with E-state index in [-0.39, 0.29) is 0 Å². The van der Waals surface area contributed by atoms with Gasteiger partial charge >= 0.3 is 0 Å². The molecule has 0 aliphatic carbocycles. The van der Waals surface area contributed by atoms with Crippen molar-refractivity contribution in [1.82, 2.24) is 19.4 Å². The molecule has 28 heavy (non-hydrogen) atoms. The molecule has 6 nitrogen and oxygen atoms in total. The molecule has 0 N–H and O–H groups in total. The zero-order valence-electron chi connectivity index (χ0n) is 16.2. The number of hydrogen-bond acceptors (Lipinski definition) is 5. The number of aromatic nitrogens is 3. The lowest BCUT2D eigenvalue weighted by molar-refractivity contribution is 0.231. The standard InChI is InChI=1S/C22H26N4O2/c1-27-21-9-4-6-18(22(21)28-15-14-25-13-11-23-17-25)16-26-12-5-8-20(26)19-7-2-3-10-24-19/h2-4,6-7,9-11,13,17,20H,5,8,12,14-16H2,1H3/t20-/m1/s1. The molecule has 0 amide bonds. The molecule has 6 heteroatoms. The van der Waals surface area contributed by atoms with Gasteiger partial charge in [0.1, 0.15) is 6.61 Å². The van der Waals surface area contributed by atoms with Crippen LogP contribution < -0.4 is 9.47 Å². The first kappa shape index (κ1) is 18.5. The van der Waals surface area contributed by atoms with E-state index >= 15 is 0 Å². The van der Waals surface area contributed by atoms with Crippen molar-refractivity contribution >= 4 is 0 Å². The largest absolute Gasteiger partial charge is 0.493 e. The van der Waals surface area contributed by atoms with Crippen LogP contribution in [0.3, 0.4) is 0 Å². The van der Waals surface area contributed by atoms with E-state index in [1.54, 1.807) is 19.6 Å². The van der Waals surface area contributed by atoms with Crippen LogP contribution >= 0.6 is 0 Å². The van der Waals surface area contributed by atoms with Crippen LogP contribution in [0.15, 0.2) is 61.3 Å². The molecule has 0 bridgehead atoms. The fraction of sp³-hybridized carbons (Fsp3) is 0.364. The topological polar surface area (TPSA) is 52.4 Å². The lowest BCUT2D eigenvalue weighted by Crippen LogP contribution is -2.24. The van der Waals surface area contributed by atoms with Gasteiger partial charge < -0.3 is 14.0 Å². The van der Waals surface area contributed by atoms with Crippen LogP contribution in [-0.4, -0.2) is 39.7 Å². The summed E-state index contributed by atoms with van der Waals surface area (Å²) in [6, 6.07) is 12.6. The molecule has 0 radical (unpaired) electrons. The first-order valence-corrected chi connectivity index (χ1v) is 9.74. The number of ether oxygens (including phenoxy) is 2. The van der Waals surface area contributed by atoms with Crippen molar-refractivity contribution < 1.29 is 9.47 Å². The summed E-state index contributed by atoms with van der Waals surface area (Å²) >= 11 is 0. The molecule has 1 fully saturated rings. The van der Waals surface area contributed by atoms with E-state index in [0.29, 0.717) is 12.6 Å². The summed E-state index contributed by atoms with van der Waals surface area (Å²) in [4.78, 5) is 11.1. The van der Waals surface area contributed by atoms with Crippen LogP contribution in [0.2, 0.25) is 0 Å². The number of pyridine rings is 1. The molecule has 2 aromatic heterocycles. The molecule has 1 atom stereocenters. The molecule has 1 aliphatic heterocycles. The van der Waals surface area contributed by atoms with Crippen LogP contribution in [0.4, 0.5) is 0 Å². The minimum absolute atomic E-state index is 0.353. The van der Waals surface area contributed by atoms with E-state index in [0.717, 1.165) is 48.8 Å². The van der Waals surface area contributed by atoms with Gasteiger partial charge in [0.05, 0.1) is 31.7 Å². The average Bonchev–Trinajstić information content (AvgIpc) is 3.42. The lowest BCUT2D eigenvalue weighted by Gasteiger charge is -2.25. The smallest absolute Gasteiger partial charge is 0.165 e. The summed E-state index contributed by atoms with van der Waals surface area (Å²) < 4.78 is 13.7. The van der Waals surface area contributed by atoms with Crippen molar-refractivity contribution in [2.45, 2.75) is 32.0 Å². The number of likely N-dealkylation sites (tertiary alicyclic amines) is 1. The summed E-state index contributed by atoms with van der Waals surface area (Å²) in [5.41, 5.74) is 2.29. The van der Waals surface area contributed by atoms with Crippen LogP contribution in [-0.2, 0) is 13.1 Å². The van der Waals surface area contributed by atoms with Crippen molar-refractivity contribution in [3.8, 4) is 11.5 Å². The van der Waals surface area contributed by atoms with Gasteiger partial charge in [0.15, 0.2) is 11.5 Å². The number of nitrogens with zero attached hydrogens (tertiary/aromatic N) is 4. The van der Waals surface area contributed by atoms with Gasteiger partial charge in [0.25, 0.3) is 0 Å². The second kappa shape index (κ2) is 8.89. The molecule has 0 saturated carbocycles. The fourth-order valence-electron chi connectivity index (χ4n) is 3.82. The molecule has 1 aliphatic rings. The second-order valence-electron chi connectivity index (χ2n) is 6.98. The maximum Gasteiger partial charge on any atom is 0.165 e. The van der Waals surface area contributed by atoms with E-state index in [1.807, 2.05) is 35.2 Å². The third-order valence-electron chi connectivity index (χ3n) is 5.20.